The highest BCUT2D eigenvalue weighted by Gasteiger charge is 2.21. The first-order valence-electron chi connectivity index (χ1n) is 6.52. The highest BCUT2D eigenvalue weighted by Crippen LogP contribution is 2.29. The van der Waals surface area contributed by atoms with Crippen LogP contribution < -0.4 is 5.32 Å². The molecule has 0 spiro atoms. The van der Waals surface area contributed by atoms with Gasteiger partial charge in [-0.25, -0.2) is 4.98 Å². The molecule has 1 heterocycles. The van der Waals surface area contributed by atoms with Crippen molar-refractivity contribution in [1.82, 2.24) is 4.98 Å². The Morgan fingerprint density at radius 3 is 2.11 bits per heavy atom. The second-order valence-corrected chi connectivity index (χ2v) is 6.78. The minimum absolute atomic E-state index is 0.0247. The summed E-state index contributed by atoms with van der Waals surface area (Å²) in [7, 11) is 0. The standard InChI is InChI=1S/C15H26N2O/c1-14(2,3)11-9-12(15(4,5)6)17-13(10-11)16-7-8-18/h9-10,18H,7-8H2,1-6H3,(H,16,17). The molecule has 0 aliphatic carbocycles. The van der Waals surface area contributed by atoms with E-state index in [1.165, 1.54) is 5.56 Å². The van der Waals surface area contributed by atoms with Gasteiger partial charge in [0.15, 0.2) is 0 Å². The van der Waals surface area contributed by atoms with Crippen molar-refractivity contribution in [3.63, 3.8) is 0 Å². The Bertz CT molecular complexity index is 368. The van der Waals surface area contributed by atoms with Gasteiger partial charge in [0.2, 0.25) is 0 Å². The number of nitrogens with one attached hydrogen (secondary N) is 1. The summed E-state index contributed by atoms with van der Waals surface area (Å²) in [5.74, 6) is 0.849. The van der Waals surface area contributed by atoms with Crippen molar-refractivity contribution in [3.05, 3.63) is 23.4 Å². The van der Waals surface area contributed by atoms with Crippen molar-refractivity contribution in [1.29, 1.82) is 0 Å². The van der Waals surface area contributed by atoms with Crippen LogP contribution in [-0.2, 0) is 10.8 Å². The van der Waals surface area contributed by atoms with Crippen LogP contribution >= 0.6 is 0 Å². The van der Waals surface area contributed by atoms with Crippen LogP contribution in [0, 0.1) is 0 Å². The van der Waals surface area contributed by atoms with Gasteiger partial charge in [-0.3, -0.25) is 0 Å². The lowest BCUT2D eigenvalue weighted by atomic mass is 9.83. The molecule has 2 N–H and O–H groups in total. The van der Waals surface area contributed by atoms with Crippen LogP contribution in [0.3, 0.4) is 0 Å². The van der Waals surface area contributed by atoms with E-state index in [0.29, 0.717) is 6.54 Å². The Labute approximate surface area is 111 Å². The van der Waals surface area contributed by atoms with Crippen molar-refractivity contribution in [2.45, 2.75) is 52.4 Å². The Balaban J connectivity index is 3.21. The molecule has 1 rings (SSSR count). The molecular weight excluding hydrogens is 224 g/mol. The second-order valence-electron chi connectivity index (χ2n) is 6.78. The van der Waals surface area contributed by atoms with Gasteiger partial charge >= 0.3 is 0 Å². The number of aliphatic hydroxyl groups is 1. The second kappa shape index (κ2) is 5.27. The number of aliphatic hydroxyl groups excluding tert-OH is 1. The third-order valence-corrected chi connectivity index (χ3v) is 2.88. The lowest BCUT2D eigenvalue weighted by molar-refractivity contribution is 0.311. The largest absolute Gasteiger partial charge is 0.395 e. The SMILES string of the molecule is CC(C)(C)c1cc(NCCO)nc(C(C)(C)C)c1. The number of aromatic nitrogens is 1. The number of anilines is 1. The zero-order valence-corrected chi connectivity index (χ0v) is 12.5. The van der Waals surface area contributed by atoms with Gasteiger partial charge in [-0.05, 0) is 23.1 Å². The maximum absolute atomic E-state index is 8.90. The van der Waals surface area contributed by atoms with E-state index in [-0.39, 0.29) is 17.4 Å². The van der Waals surface area contributed by atoms with Crippen LogP contribution in [0.4, 0.5) is 5.82 Å². The van der Waals surface area contributed by atoms with E-state index in [2.05, 4.69) is 64.0 Å². The van der Waals surface area contributed by atoms with E-state index >= 15 is 0 Å². The number of hydrogen-bond donors (Lipinski definition) is 2. The molecule has 0 aromatic carbocycles. The third-order valence-electron chi connectivity index (χ3n) is 2.88. The topological polar surface area (TPSA) is 45.1 Å². The van der Waals surface area contributed by atoms with E-state index < -0.39 is 0 Å². The highest BCUT2D eigenvalue weighted by molar-refractivity contribution is 5.43. The van der Waals surface area contributed by atoms with Gasteiger partial charge in [0.05, 0.1) is 6.61 Å². The fourth-order valence-corrected chi connectivity index (χ4v) is 1.62. The average Bonchev–Trinajstić information content (AvgIpc) is 2.23. The minimum Gasteiger partial charge on any atom is -0.395 e. The number of nitrogens with zero attached hydrogens (tertiary/aromatic N) is 1. The molecule has 0 aliphatic heterocycles. The van der Waals surface area contributed by atoms with Crippen LogP contribution in [0.2, 0.25) is 0 Å². The molecule has 0 fully saturated rings. The van der Waals surface area contributed by atoms with Crippen molar-refractivity contribution >= 4 is 5.82 Å². The minimum atomic E-state index is 0.0247. The Morgan fingerprint density at radius 2 is 1.67 bits per heavy atom. The van der Waals surface area contributed by atoms with Crippen LogP contribution in [0.15, 0.2) is 12.1 Å². The zero-order valence-electron chi connectivity index (χ0n) is 12.5. The van der Waals surface area contributed by atoms with Crippen molar-refractivity contribution in [2.24, 2.45) is 0 Å². The van der Waals surface area contributed by atoms with E-state index in [9.17, 15) is 0 Å². The van der Waals surface area contributed by atoms with Crippen molar-refractivity contribution in [3.8, 4) is 0 Å². The number of hydrogen-bond acceptors (Lipinski definition) is 3. The predicted octanol–water partition coefficient (Wildman–Crippen LogP) is 3.08. The predicted molar refractivity (Wildman–Crippen MR) is 77.2 cm³/mol. The Hall–Kier alpha value is -1.09. The zero-order chi connectivity index (χ0) is 14.0. The maximum atomic E-state index is 8.90. The molecule has 0 radical (unpaired) electrons. The van der Waals surface area contributed by atoms with Crippen LogP contribution in [0.1, 0.15) is 52.8 Å². The molecule has 0 saturated carbocycles. The molecule has 0 atom stereocenters. The third kappa shape index (κ3) is 3.98. The van der Waals surface area contributed by atoms with E-state index in [1.54, 1.807) is 0 Å². The van der Waals surface area contributed by atoms with Crippen LogP contribution in [0.5, 0.6) is 0 Å². The molecule has 3 heteroatoms. The molecule has 1 aromatic heterocycles. The first kappa shape index (κ1) is 15.0. The molecule has 0 aliphatic rings. The van der Waals surface area contributed by atoms with E-state index in [0.717, 1.165) is 11.5 Å². The fraction of sp³-hybridized carbons (Fsp3) is 0.667. The summed E-state index contributed by atoms with van der Waals surface area (Å²) < 4.78 is 0. The molecule has 0 saturated heterocycles. The monoisotopic (exact) mass is 250 g/mol. The first-order valence-corrected chi connectivity index (χ1v) is 6.52. The van der Waals surface area contributed by atoms with Gasteiger partial charge in [0.1, 0.15) is 5.82 Å². The number of pyridine rings is 1. The quantitative estimate of drug-likeness (QED) is 0.866. The number of rotatable bonds is 3. The lowest BCUT2D eigenvalue weighted by Crippen LogP contribution is -2.20. The van der Waals surface area contributed by atoms with Crippen molar-refractivity contribution in [2.75, 3.05) is 18.5 Å². The molecule has 0 bridgehead atoms. The van der Waals surface area contributed by atoms with Crippen LogP contribution in [-0.4, -0.2) is 23.2 Å². The highest BCUT2D eigenvalue weighted by atomic mass is 16.3. The van der Waals surface area contributed by atoms with Gasteiger partial charge < -0.3 is 10.4 Å². The van der Waals surface area contributed by atoms with Gasteiger partial charge in [-0.2, -0.15) is 0 Å². The summed E-state index contributed by atoms with van der Waals surface area (Å²) in [6.07, 6.45) is 0. The van der Waals surface area contributed by atoms with Gasteiger partial charge in [0, 0.05) is 17.7 Å². The smallest absolute Gasteiger partial charge is 0.126 e. The van der Waals surface area contributed by atoms with Crippen molar-refractivity contribution < 1.29 is 5.11 Å². The molecule has 18 heavy (non-hydrogen) atoms. The summed E-state index contributed by atoms with van der Waals surface area (Å²) >= 11 is 0. The van der Waals surface area contributed by atoms with Gasteiger partial charge in [0.25, 0.3) is 0 Å². The summed E-state index contributed by atoms with van der Waals surface area (Å²) in [5, 5.41) is 12.1. The fourth-order valence-electron chi connectivity index (χ4n) is 1.62. The van der Waals surface area contributed by atoms with Crippen LogP contribution in [0.25, 0.3) is 0 Å². The molecule has 1 aromatic rings. The summed E-state index contributed by atoms with van der Waals surface area (Å²) in [4.78, 5) is 4.63. The normalized spacial score (nSPS) is 12.6. The lowest BCUT2D eigenvalue weighted by Gasteiger charge is -2.25. The summed E-state index contributed by atoms with van der Waals surface area (Å²) in [6, 6.07) is 4.26. The Morgan fingerprint density at radius 1 is 1.06 bits per heavy atom. The van der Waals surface area contributed by atoms with E-state index in [4.69, 9.17) is 5.11 Å². The molecular formula is C15H26N2O. The Kier molecular flexibility index (Phi) is 4.38. The first-order chi connectivity index (χ1) is 8.14. The summed E-state index contributed by atoms with van der Waals surface area (Å²) in [5.41, 5.74) is 2.47. The van der Waals surface area contributed by atoms with E-state index in [1.807, 2.05) is 0 Å². The average molecular weight is 250 g/mol. The molecule has 102 valence electrons. The molecule has 0 amide bonds. The van der Waals surface area contributed by atoms with Gasteiger partial charge in [-0.1, -0.05) is 41.5 Å². The molecule has 0 unspecified atom stereocenters. The molecule has 3 nitrogen and oxygen atoms in total. The maximum Gasteiger partial charge on any atom is 0.126 e. The summed E-state index contributed by atoms with van der Waals surface area (Å²) in [6.45, 7) is 13.7. The van der Waals surface area contributed by atoms with Gasteiger partial charge in [-0.15, -0.1) is 0 Å².